The van der Waals surface area contributed by atoms with Gasteiger partial charge in [-0.1, -0.05) is 66.2 Å². The number of halogens is 1. The van der Waals surface area contributed by atoms with Gasteiger partial charge in [-0.2, -0.15) is 5.10 Å². The Balaban J connectivity index is 1.64. The van der Waals surface area contributed by atoms with Crippen molar-refractivity contribution in [1.29, 1.82) is 0 Å². The minimum absolute atomic E-state index is 0.110. The molecule has 5 rings (SSSR count). The molecule has 1 atom stereocenters. The van der Waals surface area contributed by atoms with Gasteiger partial charge in [-0.15, -0.1) is 0 Å². The van der Waals surface area contributed by atoms with Gasteiger partial charge < -0.3 is 14.6 Å². The smallest absolute Gasteiger partial charge is 0.257 e. The molecule has 0 saturated carbocycles. The molecule has 5 aromatic rings. The number of carbonyl (C=O) groups is 1. The Hall–Kier alpha value is -3.94. The number of aromatic nitrogens is 4. The van der Waals surface area contributed by atoms with E-state index >= 15 is 0 Å². The normalized spacial score (nSPS) is 12.1. The van der Waals surface area contributed by atoms with E-state index in [0.717, 1.165) is 27.6 Å². The van der Waals surface area contributed by atoms with Crippen LogP contribution in [0.5, 0.6) is 0 Å². The summed E-state index contributed by atoms with van der Waals surface area (Å²) in [7, 11) is 3.41. The summed E-state index contributed by atoms with van der Waals surface area (Å²) in [5, 5.41) is 7.87. The van der Waals surface area contributed by atoms with Crippen molar-refractivity contribution < 1.29 is 9.53 Å². The van der Waals surface area contributed by atoms with Crippen molar-refractivity contribution in [2.75, 3.05) is 27.3 Å². The first-order valence-corrected chi connectivity index (χ1v) is 12.5. The number of imidazole rings is 1. The largest absolute Gasteiger partial charge is 0.383 e. The van der Waals surface area contributed by atoms with Gasteiger partial charge in [0.15, 0.2) is 0 Å². The van der Waals surface area contributed by atoms with Gasteiger partial charge in [0.05, 0.1) is 36.4 Å². The zero-order valence-corrected chi connectivity index (χ0v) is 21.5. The fourth-order valence-electron chi connectivity index (χ4n) is 4.51. The minimum atomic E-state index is -0.205. The summed E-state index contributed by atoms with van der Waals surface area (Å²) in [6, 6.07) is 21.8. The first-order valence-electron chi connectivity index (χ1n) is 12.1. The Labute approximate surface area is 220 Å². The molecule has 0 aliphatic carbocycles. The summed E-state index contributed by atoms with van der Waals surface area (Å²) in [6.07, 6.45) is 5.95. The van der Waals surface area contributed by atoms with E-state index in [-0.39, 0.29) is 11.9 Å². The zero-order chi connectivity index (χ0) is 25.8. The quantitative estimate of drug-likeness (QED) is 0.277. The molecular weight excluding hydrogens is 486 g/mol. The molecule has 3 aromatic carbocycles. The number of carbonyl (C=O) groups excluding carboxylic acids is 1. The van der Waals surface area contributed by atoms with Crippen molar-refractivity contribution in [2.24, 2.45) is 0 Å². The van der Waals surface area contributed by atoms with Crippen LogP contribution in [0.3, 0.4) is 0 Å². The number of nitrogens with zero attached hydrogens (tertiary/aromatic N) is 4. The monoisotopic (exact) mass is 513 g/mol. The molecule has 0 fully saturated rings. The van der Waals surface area contributed by atoms with Crippen LogP contribution in [0.25, 0.3) is 22.0 Å². The maximum atomic E-state index is 13.7. The molecule has 7 nitrogen and oxygen atoms in total. The lowest BCUT2D eigenvalue weighted by atomic mass is 10.00. The summed E-state index contributed by atoms with van der Waals surface area (Å²) in [5.74, 6) is -0.110. The summed E-state index contributed by atoms with van der Waals surface area (Å²) < 4.78 is 7.07. The third-order valence-electron chi connectivity index (χ3n) is 6.52. The summed E-state index contributed by atoms with van der Waals surface area (Å²) in [5.41, 5.74) is 4.09. The van der Waals surface area contributed by atoms with Crippen molar-refractivity contribution in [1.82, 2.24) is 24.6 Å². The Morgan fingerprint density at radius 2 is 1.89 bits per heavy atom. The summed E-state index contributed by atoms with van der Waals surface area (Å²) >= 11 is 6.12. The standard InChI is InChI=1S/C29H28ClN5O2/c1-34(14-15-37-2)29(36)25-18-35(33-28(25)24-9-5-7-21-6-3-4-8-23(21)24)27(26-17-31-19-32-26)16-20-10-12-22(30)13-11-20/h3-13,17-19,27H,14-16H2,1-2H3,(H,31,32). The number of amides is 1. The number of nitrogens with one attached hydrogen (secondary N) is 1. The molecule has 1 amide bonds. The molecule has 1 N–H and O–H groups in total. The topological polar surface area (TPSA) is 76.0 Å². The lowest BCUT2D eigenvalue weighted by molar-refractivity contribution is 0.0745. The molecule has 0 spiro atoms. The van der Waals surface area contributed by atoms with Crippen molar-refractivity contribution in [2.45, 2.75) is 12.5 Å². The molecule has 0 aliphatic heterocycles. The summed E-state index contributed by atoms with van der Waals surface area (Å²) in [6.45, 7) is 0.928. The van der Waals surface area contributed by atoms with Crippen LogP contribution >= 0.6 is 11.6 Å². The van der Waals surface area contributed by atoms with Gasteiger partial charge in [-0.3, -0.25) is 9.48 Å². The third-order valence-corrected chi connectivity index (χ3v) is 6.78. The number of hydrogen-bond donors (Lipinski definition) is 1. The lowest BCUT2D eigenvalue weighted by Crippen LogP contribution is -2.30. The van der Waals surface area contributed by atoms with Crippen LogP contribution in [0.15, 0.2) is 85.5 Å². The Morgan fingerprint density at radius 3 is 2.65 bits per heavy atom. The van der Waals surface area contributed by atoms with Crippen LogP contribution in [0, 0.1) is 0 Å². The number of likely N-dealkylation sites (N-methyl/N-ethyl adjacent to an activating group) is 1. The Morgan fingerprint density at radius 1 is 1.11 bits per heavy atom. The van der Waals surface area contributed by atoms with Crippen LogP contribution in [0.1, 0.15) is 27.7 Å². The van der Waals surface area contributed by atoms with Crippen LogP contribution in [-0.2, 0) is 11.2 Å². The van der Waals surface area contributed by atoms with E-state index in [2.05, 4.69) is 28.2 Å². The molecule has 2 heterocycles. The number of fused-ring (bicyclic) bond motifs is 1. The SMILES string of the molecule is COCCN(C)C(=O)c1cn(C(Cc2ccc(Cl)cc2)c2cnc[nH]2)nc1-c1cccc2ccccc12. The zero-order valence-electron chi connectivity index (χ0n) is 20.8. The third kappa shape index (κ3) is 5.28. The number of H-pyrrole nitrogens is 1. The Bertz CT molecular complexity index is 1490. The molecule has 0 saturated heterocycles. The van der Waals surface area contributed by atoms with Gasteiger partial charge in [0.2, 0.25) is 0 Å². The number of aromatic amines is 1. The molecule has 188 valence electrons. The van der Waals surface area contributed by atoms with E-state index in [0.29, 0.717) is 35.9 Å². The lowest BCUT2D eigenvalue weighted by Gasteiger charge is -2.17. The van der Waals surface area contributed by atoms with Gasteiger partial charge >= 0.3 is 0 Å². The highest BCUT2D eigenvalue weighted by atomic mass is 35.5. The van der Waals surface area contributed by atoms with Crippen molar-refractivity contribution >= 4 is 28.3 Å². The van der Waals surface area contributed by atoms with Crippen molar-refractivity contribution in [3.05, 3.63) is 107 Å². The average molecular weight is 514 g/mol. The maximum absolute atomic E-state index is 13.7. The van der Waals surface area contributed by atoms with E-state index in [1.54, 1.807) is 31.6 Å². The number of hydrogen-bond acceptors (Lipinski definition) is 4. The van der Waals surface area contributed by atoms with Crippen LogP contribution in [-0.4, -0.2) is 57.9 Å². The number of rotatable bonds is 9. The fraction of sp³-hybridized carbons (Fsp3) is 0.207. The van der Waals surface area contributed by atoms with E-state index in [1.165, 1.54) is 0 Å². The van der Waals surface area contributed by atoms with Crippen molar-refractivity contribution in [3.8, 4) is 11.3 Å². The van der Waals surface area contributed by atoms with E-state index in [9.17, 15) is 4.79 Å². The first kappa shape index (κ1) is 24.7. The molecule has 0 bridgehead atoms. The van der Waals surface area contributed by atoms with Gasteiger partial charge in [-0.25, -0.2) is 4.98 Å². The molecular formula is C29H28ClN5O2. The average Bonchev–Trinajstić information content (AvgIpc) is 3.61. The first-order chi connectivity index (χ1) is 18.0. The van der Waals surface area contributed by atoms with E-state index in [4.69, 9.17) is 21.4 Å². The highest BCUT2D eigenvalue weighted by molar-refractivity contribution is 6.30. The highest BCUT2D eigenvalue weighted by Crippen LogP contribution is 2.33. The highest BCUT2D eigenvalue weighted by Gasteiger charge is 2.26. The number of benzene rings is 3. The summed E-state index contributed by atoms with van der Waals surface area (Å²) in [4.78, 5) is 22.8. The number of ether oxygens (including phenoxy) is 1. The Kier molecular flexibility index (Phi) is 7.35. The fourth-order valence-corrected chi connectivity index (χ4v) is 4.64. The van der Waals surface area contributed by atoms with Crippen molar-refractivity contribution in [3.63, 3.8) is 0 Å². The maximum Gasteiger partial charge on any atom is 0.257 e. The second-order valence-electron chi connectivity index (χ2n) is 8.97. The van der Waals surface area contributed by atoms with Gasteiger partial charge in [0, 0.05) is 43.9 Å². The predicted molar refractivity (Wildman–Crippen MR) is 146 cm³/mol. The second kappa shape index (κ2) is 11.0. The van der Waals surface area contributed by atoms with Gasteiger partial charge in [0.1, 0.15) is 5.69 Å². The predicted octanol–water partition coefficient (Wildman–Crippen LogP) is 5.63. The number of methoxy groups -OCH3 is 1. The van der Waals surface area contributed by atoms with Crippen LogP contribution < -0.4 is 0 Å². The van der Waals surface area contributed by atoms with Crippen LogP contribution in [0.2, 0.25) is 5.02 Å². The van der Waals surface area contributed by atoms with E-state index in [1.807, 2.05) is 59.4 Å². The molecule has 8 heteroatoms. The van der Waals surface area contributed by atoms with Gasteiger partial charge in [-0.05, 0) is 28.5 Å². The molecule has 0 radical (unpaired) electrons. The molecule has 0 aliphatic rings. The van der Waals surface area contributed by atoms with Crippen LogP contribution in [0.4, 0.5) is 0 Å². The molecule has 37 heavy (non-hydrogen) atoms. The second-order valence-corrected chi connectivity index (χ2v) is 9.41. The molecule has 2 aromatic heterocycles. The minimum Gasteiger partial charge on any atom is -0.383 e. The van der Waals surface area contributed by atoms with E-state index < -0.39 is 0 Å². The molecule has 1 unspecified atom stereocenters. The van der Waals surface area contributed by atoms with Gasteiger partial charge in [0.25, 0.3) is 5.91 Å².